The van der Waals surface area contributed by atoms with E-state index in [0.29, 0.717) is 25.5 Å². The molecule has 0 aromatic heterocycles. The van der Waals surface area contributed by atoms with E-state index in [1.165, 1.54) is 11.4 Å². The molecular weight excluding hydrogens is 240 g/mol. The molecule has 0 saturated carbocycles. The highest BCUT2D eigenvalue weighted by Gasteiger charge is 2.21. The summed E-state index contributed by atoms with van der Waals surface area (Å²) in [6, 6.07) is 1.96. The zero-order valence-electron chi connectivity index (χ0n) is 10.8. The van der Waals surface area contributed by atoms with E-state index in [9.17, 15) is 8.42 Å². The molecule has 0 unspecified atom stereocenters. The lowest BCUT2D eigenvalue weighted by Crippen LogP contribution is -2.36. The molecule has 0 aromatic rings. The van der Waals surface area contributed by atoms with Gasteiger partial charge in [-0.2, -0.15) is 9.57 Å². The number of hydrogen-bond acceptors (Lipinski definition) is 4. The average Bonchev–Trinajstić information content (AvgIpc) is 2.26. The van der Waals surface area contributed by atoms with Gasteiger partial charge in [0, 0.05) is 26.6 Å². The predicted molar refractivity (Wildman–Crippen MR) is 66.9 cm³/mol. The number of ether oxygens (including phenoxy) is 1. The second-order valence-corrected chi connectivity index (χ2v) is 6.39. The van der Waals surface area contributed by atoms with E-state index < -0.39 is 10.0 Å². The van der Waals surface area contributed by atoms with Crippen molar-refractivity contribution in [2.45, 2.75) is 26.7 Å². The fourth-order valence-electron chi connectivity index (χ4n) is 1.27. The van der Waals surface area contributed by atoms with Crippen molar-refractivity contribution in [3.8, 4) is 6.07 Å². The maximum Gasteiger partial charge on any atom is 0.214 e. The zero-order valence-corrected chi connectivity index (χ0v) is 11.7. The first-order valence-electron chi connectivity index (χ1n) is 5.77. The van der Waals surface area contributed by atoms with E-state index >= 15 is 0 Å². The van der Waals surface area contributed by atoms with Crippen molar-refractivity contribution in [2.24, 2.45) is 5.92 Å². The Morgan fingerprint density at radius 1 is 1.35 bits per heavy atom. The van der Waals surface area contributed by atoms with Crippen molar-refractivity contribution in [1.82, 2.24) is 4.31 Å². The van der Waals surface area contributed by atoms with E-state index in [1.54, 1.807) is 0 Å². The Morgan fingerprint density at radius 2 is 2.00 bits per heavy atom. The van der Waals surface area contributed by atoms with Gasteiger partial charge in [0.1, 0.15) is 0 Å². The Balaban J connectivity index is 4.47. The molecular formula is C11H22N2O3S. The van der Waals surface area contributed by atoms with Gasteiger partial charge in [-0.3, -0.25) is 0 Å². The first-order valence-corrected chi connectivity index (χ1v) is 7.38. The number of rotatable bonds is 9. The molecule has 17 heavy (non-hydrogen) atoms. The van der Waals surface area contributed by atoms with Crippen LogP contribution in [-0.4, -0.2) is 45.3 Å². The van der Waals surface area contributed by atoms with Crippen LogP contribution >= 0.6 is 0 Å². The van der Waals surface area contributed by atoms with Crippen LogP contribution in [0.25, 0.3) is 0 Å². The fourth-order valence-corrected chi connectivity index (χ4v) is 3.02. The van der Waals surface area contributed by atoms with E-state index in [2.05, 4.69) is 0 Å². The lowest BCUT2D eigenvalue weighted by atomic mass is 10.2. The summed E-state index contributed by atoms with van der Waals surface area (Å²) in [7, 11) is -1.73. The van der Waals surface area contributed by atoms with Gasteiger partial charge in [-0.1, -0.05) is 13.8 Å². The molecule has 0 aliphatic carbocycles. The first kappa shape index (κ1) is 16.4. The van der Waals surface area contributed by atoms with Crippen LogP contribution in [-0.2, 0) is 14.8 Å². The highest BCUT2D eigenvalue weighted by molar-refractivity contribution is 7.89. The second-order valence-electron chi connectivity index (χ2n) is 4.30. The maximum absolute atomic E-state index is 12.0. The molecule has 0 amide bonds. The number of nitrogens with zero attached hydrogens (tertiary/aromatic N) is 2. The molecule has 0 rings (SSSR count). The van der Waals surface area contributed by atoms with Crippen molar-refractivity contribution in [3.05, 3.63) is 0 Å². The number of methoxy groups -OCH3 is 1. The molecule has 0 saturated heterocycles. The molecule has 0 heterocycles. The minimum absolute atomic E-state index is 0.139. The molecule has 5 nitrogen and oxygen atoms in total. The molecule has 0 atom stereocenters. The molecule has 0 aliphatic rings. The smallest absolute Gasteiger partial charge is 0.214 e. The van der Waals surface area contributed by atoms with Crippen LogP contribution in [0.15, 0.2) is 0 Å². The van der Waals surface area contributed by atoms with Crippen molar-refractivity contribution in [2.75, 3.05) is 32.6 Å². The van der Waals surface area contributed by atoms with Crippen molar-refractivity contribution in [1.29, 1.82) is 5.26 Å². The Morgan fingerprint density at radius 3 is 2.47 bits per heavy atom. The normalized spacial score (nSPS) is 12.0. The van der Waals surface area contributed by atoms with Gasteiger partial charge < -0.3 is 4.74 Å². The van der Waals surface area contributed by atoms with Crippen molar-refractivity contribution >= 4 is 10.0 Å². The largest absolute Gasteiger partial charge is 0.383 e. The quantitative estimate of drug-likeness (QED) is 0.626. The summed E-state index contributed by atoms with van der Waals surface area (Å²) in [5.41, 5.74) is 0. The van der Waals surface area contributed by atoms with E-state index in [0.717, 1.165) is 0 Å². The fraction of sp³-hybridized carbons (Fsp3) is 0.909. The third kappa shape index (κ3) is 7.31. The number of sulfonamides is 1. The molecule has 0 fully saturated rings. The first-order chi connectivity index (χ1) is 7.94. The topological polar surface area (TPSA) is 70.4 Å². The third-order valence-corrected chi connectivity index (χ3v) is 4.27. The van der Waals surface area contributed by atoms with Gasteiger partial charge in [-0.05, 0) is 12.3 Å². The summed E-state index contributed by atoms with van der Waals surface area (Å²) in [5, 5.41) is 8.52. The average molecular weight is 262 g/mol. The molecule has 0 N–H and O–H groups in total. The van der Waals surface area contributed by atoms with E-state index in [-0.39, 0.29) is 18.7 Å². The van der Waals surface area contributed by atoms with Gasteiger partial charge in [-0.25, -0.2) is 8.42 Å². The molecule has 0 bridgehead atoms. The zero-order chi connectivity index (χ0) is 13.3. The summed E-state index contributed by atoms with van der Waals surface area (Å²) in [5.74, 6) is 0.491. The van der Waals surface area contributed by atoms with Crippen LogP contribution in [0.5, 0.6) is 0 Å². The summed E-state index contributed by atoms with van der Waals surface area (Å²) in [6.45, 7) is 4.90. The van der Waals surface area contributed by atoms with Crippen LogP contribution in [0.2, 0.25) is 0 Å². The lowest BCUT2D eigenvalue weighted by molar-refractivity contribution is 0.179. The van der Waals surface area contributed by atoms with Crippen LogP contribution < -0.4 is 0 Å². The third-order valence-electron chi connectivity index (χ3n) is 2.36. The minimum Gasteiger partial charge on any atom is -0.383 e. The summed E-state index contributed by atoms with van der Waals surface area (Å²) < 4.78 is 30.2. The van der Waals surface area contributed by atoms with Crippen LogP contribution in [0.1, 0.15) is 26.7 Å². The van der Waals surface area contributed by atoms with Gasteiger partial charge in [0.05, 0.1) is 18.4 Å². The van der Waals surface area contributed by atoms with Gasteiger partial charge in [0.15, 0.2) is 0 Å². The molecule has 100 valence electrons. The minimum atomic E-state index is -3.26. The molecule has 0 aromatic carbocycles. The predicted octanol–water partition coefficient (Wildman–Crippen LogP) is 1.22. The maximum atomic E-state index is 12.0. The van der Waals surface area contributed by atoms with Crippen molar-refractivity contribution < 1.29 is 13.2 Å². The van der Waals surface area contributed by atoms with Crippen LogP contribution in [0.4, 0.5) is 0 Å². The van der Waals surface area contributed by atoms with Gasteiger partial charge >= 0.3 is 0 Å². The summed E-state index contributed by atoms with van der Waals surface area (Å²) in [4.78, 5) is 0. The summed E-state index contributed by atoms with van der Waals surface area (Å²) >= 11 is 0. The van der Waals surface area contributed by atoms with Gasteiger partial charge in [0.25, 0.3) is 0 Å². The lowest BCUT2D eigenvalue weighted by Gasteiger charge is -2.21. The van der Waals surface area contributed by atoms with Crippen LogP contribution in [0, 0.1) is 17.2 Å². The number of nitriles is 1. The Bertz CT molecular complexity index is 333. The van der Waals surface area contributed by atoms with Gasteiger partial charge in [-0.15, -0.1) is 0 Å². The van der Waals surface area contributed by atoms with Gasteiger partial charge in [0.2, 0.25) is 10.0 Å². The summed E-state index contributed by atoms with van der Waals surface area (Å²) in [6.07, 6.45) is 0.850. The van der Waals surface area contributed by atoms with Crippen molar-refractivity contribution in [3.63, 3.8) is 0 Å². The molecule has 0 radical (unpaired) electrons. The highest BCUT2D eigenvalue weighted by atomic mass is 32.2. The molecule has 0 spiro atoms. The monoisotopic (exact) mass is 262 g/mol. The SMILES string of the molecule is COCCN(CCC#N)S(=O)(=O)CCC(C)C. The Kier molecular flexibility index (Phi) is 8.13. The van der Waals surface area contributed by atoms with E-state index in [1.807, 2.05) is 19.9 Å². The number of hydrogen-bond donors (Lipinski definition) is 0. The Hall–Kier alpha value is -0.640. The molecule has 0 aliphatic heterocycles. The second kappa shape index (κ2) is 8.45. The van der Waals surface area contributed by atoms with E-state index in [4.69, 9.17) is 10.00 Å². The molecule has 6 heteroatoms. The Labute approximate surface area is 104 Å². The highest BCUT2D eigenvalue weighted by Crippen LogP contribution is 2.08. The standard InChI is InChI=1S/C11H22N2O3S/c1-11(2)5-10-17(14,15)13(7-4-6-12)8-9-16-3/h11H,4-5,7-10H2,1-3H3. The van der Waals surface area contributed by atoms with Crippen LogP contribution in [0.3, 0.4) is 0 Å².